The van der Waals surface area contributed by atoms with E-state index in [2.05, 4.69) is 0 Å². The Bertz CT molecular complexity index is 327. The smallest absolute Gasteiger partial charge is 0.129 e. The van der Waals surface area contributed by atoms with Crippen LogP contribution < -0.4 is 0 Å². The lowest BCUT2D eigenvalue weighted by Crippen LogP contribution is -1.90. The van der Waals surface area contributed by atoms with Crippen molar-refractivity contribution in [1.29, 1.82) is 0 Å². The van der Waals surface area contributed by atoms with Crippen LogP contribution in [0.15, 0.2) is 23.1 Å². The first kappa shape index (κ1) is 9.03. The van der Waals surface area contributed by atoms with Gasteiger partial charge in [0.05, 0.1) is 6.10 Å². The van der Waals surface area contributed by atoms with Crippen LogP contribution in [0.25, 0.3) is 0 Å². The average Bonchev–Trinajstić information content (AvgIpc) is 2.43. The van der Waals surface area contributed by atoms with Crippen LogP contribution in [0.5, 0.6) is 0 Å². The van der Waals surface area contributed by atoms with Crippen molar-refractivity contribution in [2.75, 3.05) is 6.26 Å². The third-order valence-corrected chi connectivity index (χ3v) is 3.22. The predicted octanol–water partition coefficient (Wildman–Crippen LogP) is 2.86. The van der Waals surface area contributed by atoms with Crippen molar-refractivity contribution >= 4 is 11.8 Å². The molecule has 0 radical (unpaired) electrons. The second kappa shape index (κ2) is 3.31. The molecule has 2 atom stereocenters. The Kier molecular flexibility index (Phi) is 2.30. The quantitative estimate of drug-likeness (QED) is 0.700. The predicted molar refractivity (Wildman–Crippen MR) is 51.6 cm³/mol. The molecule has 1 aromatic rings. The number of aliphatic hydroxyl groups excluding tert-OH is 1. The van der Waals surface area contributed by atoms with Gasteiger partial charge in [0, 0.05) is 16.9 Å². The summed E-state index contributed by atoms with van der Waals surface area (Å²) in [6.07, 6.45) is 0.533. The molecule has 0 heterocycles. The summed E-state index contributed by atoms with van der Waals surface area (Å²) in [5.74, 6) is 0. The Morgan fingerprint density at radius 2 is 2.31 bits per heavy atom. The van der Waals surface area contributed by atoms with Crippen LogP contribution in [0.1, 0.15) is 29.8 Å². The van der Waals surface area contributed by atoms with E-state index >= 15 is 0 Å². The van der Waals surface area contributed by atoms with Crippen LogP contribution in [0.3, 0.4) is 0 Å². The first-order valence-electron chi connectivity index (χ1n) is 4.23. The van der Waals surface area contributed by atoms with Gasteiger partial charge in [-0.05, 0) is 17.9 Å². The van der Waals surface area contributed by atoms with Crippen LogP contribution in [-0.4, -0.2) is 11.4 Å². The van der Waals surface area contributed by atoms with Gasteiger partial charge < -0.3 is 5.11 Å². The molecule has 2 unspecified atom stereocenters. The summed E-state index contributed by atoms with van der Waals surface area (Å²) in [5, 5.41) is 9.52. The fourth-order valence-electron chi connectivity index (χ4n) is 1.81. The Morgan fingerprint density at radius 3 is 3.00 bits per heavy atom. The Balaban J connectivity index is 2.55. The number of fused-ring (bicyclic) bond motifs is 1. The number of aliphatic hydroxyl groups is 1. The molecule has 2 rings (SSSR count). The Labute approximate surface area is 81.0 Å². The summed E-state index contributed by atoms with van der Waals surface area (Å²) in [6, 6.07) is 5.57. The van der Waals surface area contributed by atoms with Gasteiger partial charge in [0.25, 0.3) is 0 Å². The third kappa shape index (κ3) is 1.36. The summed E-state index contributed by atoms with van der Waals surface area (Å²) < 4.78 is 13.4. The second-order valence-corrected chi connectivity index (χ2v) is 4.03. The topological polar surface area (TPSA) is 20.2 Å². The molecule has 0 saturated heterocycles. The minimum absolute atomic E-state index is 0.215. The van der Waals surface area contributed by atoms with Crippen molar-refractivity contribution < 1.29 is 9.50 Å². The molecule has 0 amide bonds. The Hall–Kier alpha value is -0.540. The van der Waals surface area contributed by atoms with E-state index in [0.29, 0.717) is 5.56 Å². The van der Waals surface area contributed by atoms with E-state index in [-0.39, 0.29) is 6.42 Å². The summed E-state index contributed by atoms with van der Waals surface area (Å²) >= 11 is 1.53. The van der Waals surface area contributed by atoms with Gasteiger partial charge in [-0.25, -0.2) is 4.39 Å². The van der Waals surface area contributed by atoms with Crippen molar-refractivity contribution in [3.63, 3.8) is 0 Å². The molecule has 1 nitrogen and oxygen atoms in total. The van der Waals surface area contributed by atoms with Crippen molar-refractivity contribution in [3.8, 4) is 0 Å². The van der Waals surface area contributed by atoms with Crippen LogP contribution >= 0.6 is 11.8 Å². The van der Waals surface area contributed by atoms with Crippen LogP contribution in [0, 0.1) is 0 Å². The molecule has 0 bridgehead atoms. The van der Waals surface area contributed by atoms with Gasteiger partial charge in [0.15, 0.2) is 0 Å². The molecule has 70 valence electrons. The van der Waals surface area contributed by atoms with Crippen molar-refractivity contribution in [3.05, 3.63) is 29.3 Å². The molecule has 1 N–H and O–H groups in total. The van der Waals surface area contributed by atoms with Gasteiger partial charge in [0.1, 0.15) is 6.17 Å². The minimum atomic E-state index is -0.992. The largest absolute Gasteiger partial charge is 0.388 e. The fraction of sp³-hybridized carbons (Fsp3) is 0.400. The van der Waals surface area contributed by atoms with Gasteiger partial charge >= 0.3 is 0 Å². The number of hydrogen-bond donors (Lipinski definition) is 1. The highest BCUT2D eigenvalue weighted by atomic mass is 32.2. The van der Waals surface area contributed by atoms with Gasteiger partial charge in [-0.2, -0.15) is 0 Å². The van der Waals surface area contributed by atoms with Crippen molar-refractivity contribution in [2.24, 2.45) is 0 Å². The van der Waals surface area contributed by atoms with Crippen LogP contribution in [0.4, 0.5) is 4.39 Å². The maximum Gasteiger partial charge on any atom is 0.129 e. The summed E-state index contributed by atoms with van der Waals surface area (Å²) in [4.78, 5) is 0.946. The summed E-state index contributed by atoms with van der Waals surface area (Å²) in [6.45, 7) is 0. The number of hydrogen-bond acceptors (Lipinski definition) is 2. The van der Waals surface area contributed by atoms with E-state index in [4.69, 9.17) is 0 Å². The molecule has 13 heavy (non-hydrogen) atoms. The van der Waals surface area contributed by atoms with E-state index in [1.165, 1.54) is 11.8 Å². The summed E-state index contributed by atoms with van der Waals surface area (Å²) in [7, 11) is 0. The average molecular weight is 198 g/mol. The third-order valence-electron chi connectivity index (χ3n) is 2.42. The van der Waals surface area contributed by atoms with E-state index in [1.807, 2.05) is 18.4 Å². The molecular weight excluding hydrogens is 187 g/mol. The number of thioether (sulfide) groups is 1. The molecule has 0 saturated carbocycles. The first-order chi connectivity index (χ1) is 6.24. The molecule has 1 aliphatic carbocycles. The van der Waals surface area contributed by atoms with E-state index in [0.717, 1.165) is 10.5 Å². The molecule has 0 aliphatic heterocycles. The first-order valence-corrected chi connectivity index (χ1v) is 5.45. The zero-order chi connectivity index (χ0) is 9.42. The zero-order valence-electron chi connectivity index (χ0n) is 7.33. The molecular formula is C10H11FOS. The molecule has 0 spiro atoms. The van der Waals surface area contributed by atoms with Gasteiger partial charge in [-0.3, -0.25) is 0 Å². The summed E-state index contributed by atoms with van der Waals surface area (Å²) in [5.41, 5.74) is 1.46. The van der Waals surface area contributed by atoms with Crippen LogP contribution in [0.2, 0.25) is 0 Å². The normalized spacial score (nSPS) is 26.1. The van der Waals surface area contributed by atoms with Crippen molar-refractivity contribution in [2.45, 2.75) is 23.6 Å². The van der Waals surface area contributed by atoms with E-state index in [9.17, 15) is 9.50 Å². The maximum atomic E-state index is 13.4. The minimum Gasteiger partial charge on any atom is -0.388 e. The maximum absolute atomic E-state index is 13.4. The molecule has 1 aliphatic rings. The van der Waals surface area contributed by atoms with Gasteiger partial charge in [-0.15, -0.1) is 11.8 Å². The molecule has 0 fully saturated rings. The highest BCUT2D eigenvalue weighted by Gasteiger charge is 2.31. The zero-order valence-corrected chi connectivity index (χ0v) is 8.14. The number of alkyl halides is 1. The second-order valence-electron chi connectivity index (χ2n) is 3.18. The highest BCUT2D eigenvalue weighted by Crippen LogP contribution is 2.44. The standard InChI is InChI=1S/C10H11FOS/c1-13-9-4-2-3-6-8(12)5-7(11)10(6)9/h2-4,7-8,12H,5H2,1H3. The molecule has 1 aromatic carbocycles. The highest BCUT2D eigenvalue weighted by molar-refractivity contribution is 7.98. The van der Waals surface area contributed by atoms with E-state index in [1.54, 1.807) is 6.07 Å². The number of benzene rings is 1. The van der Waals surface area contributed by atoms with Crippen LogP contribution in [-0.2, 0) is 0 Å². The van der Waals surface area contributed by atoms with Gasteiger partial charge in [-0.1, -0.05) is 12.1 Å². The molecule has 3 heteroatoms. The Morgan fingerprint density at radius 1 is 1.54 bits per heavy atom. The lowest BCUT2D eigenvalue weighted by molar-refractivity contribution is 0.151. The molecule has 0 aromatic heterocycles. The number of halogens is 1. The monoisotopic (exact) mass is 198 g/mol. The number of rotatable bonds is 1. The van der Waals surface area contributed by atoms with Crippen molar-refractivity contribution in [1.82, 2.24) is 0 Å². The SMILES string of the molecule is CSc1cccc2c1C(F)CC2O. The van der Waals surface area contributed by atoms with E-state index < -0.39 is 12.3 Å². The van der Waals surface area contributed by atoms with Gasteiger partial charge in [0.2, 0.25) is 0 Å². The lowest BCUT2D eigenvalue weighted by Gasteiger charge is -2.07. The lowest BCUT2D eigenvalue weighted by atomic mass is 10.1. The fourth-order valence-corrected chi connectivity index (χ4v) is 2.49.